The maximum atomic E-state index is 11.9. The fourth-order valence-corrected chi connectivity index (χ4v) is 1.22. The number of halogens is 3. The monoisotopic (exact) mass is 256 g/mol. The average molecular weight is 256 g/mol. The van der Waals surface area contributed by atoms with Crippen molar-refractivity contribution in [2.75, 3.05) is 26.7 Å². The highest BCUT2D eigenvalue weighted by atomic mass is 19.4. The SMILES string of the molecule is CC(C)N(C)CCCCNCC(O)C(F)(F)F. The van der Waals surface area contributed by atoms with Gasteiger partial charge in [-0.25, -0.2) is 0 Å². The molecule has 0 aliphatic heterocycles. The van der Waals surface area contributed by atoms with Crippen LogP contribution in [0.5, 0.6) is 0 Å². The fourth-order valence-electron chi connectivity index (χ4n) is 1.22. The smallest absolute Gasteiger partial charge is 0.382 e. The summed E-state index contributed by atoms with van der Waals surface area (Å²) >= 11 is 0. The molecule has 0 aromatic carbocycles. The van der Waals surface area contributed by atoms with E-state index >= 15 is 0 Å². The summed E-state index contributed by atoms with van der Waals surface area (Å²) in [6.45, 7) is 5.19. The molecule has 104 valence electrons. The number of aliphatic hydroxyl groups excluding tert-OH is 1. The second-order valence-electron chi connectivity index (χ2n) is 4.54. The van der Waals surface area contributed by atoms with E-state index in [1.54, 1.807) is 0 Å². The molecule has 6 heteroatoms. The van der Waals surface area contributed by atoms with Crippen LogP contribution in [-0.4, -0.2) is 55.0 Å². The third kappa shape index (κ3) is 8.40. The first-order valence-corrected chi connectivity index (χ1v) is 5.91. The minimum Gasteiger partial charge on any atom is -0.382 e. The summed E-state index contributed by atoms with van der Waals surface area (Å²) < 4.78 is 35.8. The summed E-state index contributed by atoms with van der Waals surface area (Å²) in [4.78, 5) is 2.19. The van der Waals surface area contributed by atoms with Crippen LogP contribution >= 0.6 is 0 Å². The molecule has 1 atom stereocenters. The molecule has 0 rings (SSSR count). The lowest BCUT2D eigenvalue weighted by atomic mass is 10.2. The number of alkyl halides is 3. The highest BCUT2D eigenvalue weighted by Gasteiger charge is 2.37. The average Bonchev–Trinajstić information content (AvgIpc) is 2.20. The molecule has 1 unspecified atom stereocenters. The van der Waals surface area contributed by atoms with Crippen LogP contribution in [0.3, 0.4) is 0 Å². The summed E-state index contributed by atoms with van der Waals surface area (Å²) in [6, 6.07) is 0.481. The predicted octanol–water partition coefficient (Wildman–Crippen LogP) is 1.62. The van der Waals surface area contributed by atoms with Crippen LogP contribution in [0.1, 0.15) is 26.7 Å². The Morgan fingerprint density at radius 1 is 1.24 bits per heavy atom. The number of nitrogens with zero attached hydrogens (tertiary/aromatic N) is 1. The molecule has 0 amide bonds. The van der Waals surface area contributed by atoms with Gasteiger partial charge in [0.15, 0.2) is 6.10 Å². The molecular weight excluding hydrogens is 233 g/mol. The van der Waals surface area contributed by atoms with Crippen molar-refractivity contribution in [2.45, 2.75) is 45.0 Å². The fraction of sp³-hybridized carbons (Fsp3) is 1.00. The molecule has 0 fully saturated rings. The maximum Gasteiger partial charge on any atom is 0.415 e. The van der Waals surface area contributed by atoms with Crippen molar-refractivity contribution in [3.05, 3.63) is 0 Å². The van der Waals surface area contributed by atoms with Crippen LogP contribution in [0.2, 0.25) is 0 Å². The van der Waals surface area contributed by atoms with Gasteiger partial charge in [-0.1, -0.05) is 0 Å². The van der Waals surface area contributed by atoms with E-state index in [0.29, 0.717) is 12.6 Å². The first-order chi connectivity index (χ1) is 7.75. The van der Waals surface area contributed by atoms with Crippen molar-refractivity contribution < 1.29 is 18.3 Å². The lowest BCUT2D eigenvalue weighted by molar-refractivity contribution is -0.201. The van der Waals surface area contributed by atoms with Gasteiger partial charge < -0.3 is 15.3 Å². The first kappa shape index (κ1) is 16.7. The van der Waals surface area contributed by atoms with Crippen molar-refractivity contribution >= 4 is 0 Å². The summed E-state index contributed by atoms with van der Waals surface area (Å²) in [7, 11) is 2.02. The number of hydrogen-bond acceptors (Lipinski definition) is 3. The van der Waals surface area contributed by atoms with Crippen LogP contribution in [0.4, 0.5) is 13.2 Å². The summed E-state index contributed by atoms with van der Waals surface area (Å²) in [5, 5.41) is 11.3. The van der Waals surface area contributed by atoms with Gasteiger partial charge >= 0.3 is 6.18 Å². The third-order valence-corrected chi connectivity index (χ3v) is 2.71. The molecule has 0 spiro atoms. The van der Waals surface area contributed by atoms with Crippen LogP contribution < -0.4 is 5.32 Å². The molecule has 3 nitrogen and oxygen atoms in total. The minimum absolute atomic E-state index is 0.427. The van der Waals surface area contributed by atoms with Crippen molar-refractivity contribution in [3.8, 4) is 0 Å². The van der Waals surface area contributed by atoms with Gasteiger partial charge in [0.1, 0.15) is 0 Å². The van der Waals surface area contributed by atoms with Crippen molar-refractivity contribution in [2.24, 2.45) is 0 Å². The zero-order valence-electron chi connectivity index (χ0n) is 10.7. The standard InChI is InChI=1S/C11H23F3N2O/c1-9(2)16(3)7-5-4-6-15-8-10(17)11(12,13)14/h9-10,15,17H,4-8H2,1-3H3. The van der Waals surface area contributed by atoms with Crippen molar-refractivity contribution in [1.29, 1.82) is 0 Å². The molecule has 0 saturated carbocycles. The summed E-state index contributed by atoms with van der Waals surface area (Å²) in [6.07, 6.45) is -5.04. The normalized spacial score (nSPS) is 14.6. The second kappa shape index (κ2) is 7.89. The molecule has 0 aromatic rings. The number of rotatable bonds is 8. The number of aliphatic hydroxyl groups is 1. The molecular formula is C11H23F3N2O. The number of unbranched alkanes of at least 4 members (excludes halogenated alkanes) is 1. The first-order valence-electron chi connectivity index (χ1n) is 5.91. The van der Waals surface area contributed by atoms with E-state index in [4.69, 9.17) is 5.11 Å². The molecule has 17 heavy (non-hydrogen) atoms. The molecule has 0 aliphatic rings. The number of nitrogens with one attached hydrogen (secondary N) is 1. The topological polar surface area (TPSA) is 35.5 Å². The van der Waals surface area contributed by atoms with E-state index in [2.05, 4.69) is 24.1 Å². The molecule has 0 radical (unpaired) electrons. The summed E-state index contributed by atoms with van der Waals surface area (Å²) in [5.41, 5.74) is 0. The van der Waals surface area contributed by atoms with Gasteiger partial charge in [0.25, 0.3) is 0 Å². The van der Waals surface area contributed by atoms with E-state index in [0.717, 1.165) is 19.4 Å². The largest absolute Gasteiger partial charge is 0.415 e. The Morgan fingerprint density at radius 3 is 2.29 bits per heavy atom. The molecule has 0 saturated heterocycles. The Morgan fingerprint density at radius 2 is 1.82 bits per heavy atom. The van der Waals surface area contributed by atoms with Gasteiger partial charge in [-0.3, -0.25) is 0 Å². The third-order valence-electron chi connectivity index (χ3n) is 2.71. The van der Waals surface area contributed by atoms with Crippen LogP contribution in [-0.2, 0) is 0 Å². The van der Waals surface area contributed by atoms with E-state index < -0.39 is 18.8 Å². The summed E-state index contributed by atoms with van der Waals surface area (Å²) in [5.74, 6) is 0. The zero-order chi connectivity index (χ0) is 13.5. The van der Waals surface area contributed by atoms with Gasteiger partial charge in [-0.2, -0.15) is 13.2 Å². The van der Waals surface area contributed by atoms with Crippen molar-refractivity contribution in [1.82, 2.24) is 10.2 Å². The van der Waals surface area contributed by atoms with Gasteiger partial charge in [-0.15, -0.1) is 0 Å². The molecule has 0 heterocycles. The highest BCUT2D eigenvalue weighted by Crippen LogP contribution is 2.19. The Bertz CT molecular complexity index is 198. The van der Waals surface area contributed by atoms with E-state index in [9.17, 15) is 13.2 Å². The minimum atomic E-state index is -4.52. The Balaban J connectivity index is 3.42. The Labute approximate surface area is 101 Å². The van der Waals surface area contributed by atoms with Crippen LogP contribution in [0, 0.1) is 0 Å². The lowest BCUT2D eigenvalue weighted by Gasteiger charge is -2.20. The highest BCUT2D eigenvalue weighted by molar-refractivity contribution is 4.67. The molecule has 2 N–H and O–H groups in total. The van der Waals surface area contributed by atoms with Gasteiger partial charge in [0.2, 0.25) is 0 Å². The molecule has 0 aliphatic carbocycles. The zero-order valence-corrected chi connectivity index (χ0v) is 10.7. The number of hydrogen-bond donors (Lipinski definition) is 2. The van der Waals surface area contributed by atoms with Crippen LogP contribution in [0.15, 0.2) is 0 Å². The lowest BCUT2D eigenvalue weighted by Crippen LogP contribution is -2.38. The second-order valence-corrected chi connectivity index (χ2v) is 4.54. The van der Waals surface area contributed by atoms with Gasteiger partial charge in [-0.05, 0) is 46.8 Å². The predicted molar refractivity (Wildman–Crippen MR) is 61.9 cm³/mol. The van der Waals surface area contributed by atoms with Crippen molar-refractivity contribution in [3.63, 3.8) is 0 Å². The van der Waals surface area contributed by atoms with E-state index in [1.807, 2.05) is 7.05 Å². The van der Waals surface area contributed by atoms with E-state index in [1.165, 1.54) is 0 Å². The van der Waals surface area contributed by atoms with Crippen LogP contribution in [0.25, 0.3) is 0 Å². The quantitative estimate of drug-likeness (QED) is 0.648. The maximum absolute atomic E-state index is 11.9. The molecule has 0 aromatic heterocycles. The van der Waals surface area contributed by atoms with Gasteiger partial charge in [0, 0.05) is 12.6 Å². The Hall–Kier alpha value is -0.330. The Kier molecular flexibility index (Phi) is 7.74. The molecule has 0 bridgehead atoms. The van der Waals surface area contributed by atoms with Gasteiger partial charge in [0.05, 0.1) is 0 Å². The van der Waals surface area contributed by atoms with E-state index in [-0.39, 0.29) is 0 Å².